The molecule has 18 aromatic carbocycles. The summed E-state index contributed by atoms with van der Waals surface area (Å²) in [6, 6.07) is 148. The first-order chi connectivity index (χ1) is 60.6. The summed E-state index contributed by atoms with van der Waals surface area (Å²) in [5, 5.41) is 18.7. The molecule has 566 valence electrons. The van der Waals surface area contributed by atoms with E-state index in [1.165, 1.54) is 43.1 Å². The van der Waals surface area contributed by atoms with E-state index in [0.29, 0.717) is 0 Å². The van der Waals surface area contributed by atoms with Crippen molar-refractivity contribution >= 4 is 174 Å². The fourth-order valence-corrected chi connectivity index (χ4v) is 21.1. The summed E-state index contributed by atoms with van der Waals surface area (Å²) in [5.74, 6) is 0. The molecule has 0 amide bonds. The number of fused-ring (bicyclic) bond motifs is 28. The van der Waals surface area contributed by atoms with Gasteiger partial charge in [0.2, 0.25) is 0 Å². The quantitative estimate of drug-likeness (QED) is 0.137. The van der Waals surface area contributed by atoms with Gasteiger partial charge in [-0.1, -0.05) is 267 Å². The molecule has 122 heavy (non-hydrogen) atoms. The Kier molecular flexibility index (Phi) is 13.9. The first kappa shape index (κ1) is 66.6. The number of para-hydroxylation sites is 12. The standard InChI is InChI=1S/C112H68N10/c1-5-29-71(30-6-1)115-97-45-21-13-37-79(97)87-53-57-91-83-41-17-25-49-101(83)119(109(91)105(87)115)75-61-69(62-76(65-75)120-102-50-26-18-42-84(102)92-58-54-88-80-38-14-22-46-98(80)116(106(88)110(92)120)72-31-7-2-8-32-72)95-67-114-96(68-113-95)70-63-77(121-103-51-27-19-43-85(103)93-59-55-89-81-39-15-23-47-99(81)117(107(89)111(93)121)73-33-9-3-10-34-73)66-78(64-70)122-104-52-28-20-44-86(104)94-60-56-90-82-40-16-24-48-100(82)118(108(90)112(94)122)74-35-11-4-12-36-74/h1-68H. The second-order valence-corrected chi connectivity index (χ2v) is 32.4. The van der Waals surface area contributed by atoms with E-state index in [9.17, 15) is 0 Å². The zero-order valence-corrected chi connectivity index (χ0v) is 65.7. The Morgan fingerprint density at radius 3 is 0.459 bits per heavy atom. The van der Waals surface area contributed by atoms with Crippen molar-refractivity contribution in [2.75, 3.05) is 0 Å². The Balaban J connectivity index is 0.750. The van der Waals surface area contributed by atoms with Crippen LogP contribution in [0.4, 0.5) is 0 Å². The van der Waals surface area contributed by atoms with Crippen molar-refractivity contribution in [1.82, 2.24) is 46.5 Å². The van der Waals surface area contributed by atoms with Crippen LogP contribution in [0.5, 0.6) is 0 Å². The summed E-state index contributed by atoms with van der Waals surface area (Å²) in [7, 11) is 0. The highest BCUT2D eigenvalue weighted by molar-refractivity contribution is 6.29. The van der Waals surface area contributed by atoms with Crippen LogP contribution in [-0.4, -0.2) is 46.5 Å². The predicted molar refractivity (Wildman–Crippen MR) is 508 cm³/mol. The average molecular weight is 1550 g/mol. The molecule has 10 heteroatoms. The molecular weight excluding hydrogens is 1490 g/mol. The Bertz CT molecular complexity index is 8090. The van der Waals surface area contributed by atoms with Crippen molar-refractivity contribution in [3.8, 4) is 68.0 Å². The maximum absolute atomic E-state index is 5.78. The van der Waals surface area contributed by atoms with Gasteiger partial charge in [-0.05, 0) is 133 Å². The lowest BCUT2D eigenvalue weighted by Gasteiger charge is -2.18. The Morgan fingerprint density at radius 1 is 0.131 bits per heavy atom. The maximum atomic E-state index is 5.78. The molecule has 9 heterocycles. The molecule has 0 fully saturated rings. The van der Waals surface area contributed by atoms with E-state index < -0.39 is 0 Å². The lowest BCUT2D eigenvalue weighted by atomic mass is 10.1. The molecule has 0 aliphatic carbocycles. The summed E-state index contributed by atoms with van der Waals surface area (Å²) in [4.78, 5) is 11.6. The molecule has 27 aromatic rings. The van der Waals surface area contributed by atoms with Gasteiger partial charge in [-0.25, -0.2) is 0 Å². The molecular formula is C112H68N10. The SMILES string of the molecule is c1ccc(-n2c3ccccc3c3ccc4c5ccccc5n(-c5cc(-c6cnc(-c7cc(-n8c9ccccc9c9ccc%10c%11ccccc%11n(-c%11ccccc%11)c%10c98)cc(-n8c9ccccc9c9ccc%10c%11ccccc%11n(-c%11ccccc%11)c%10c98)c7)cn6)cc(-n6c7ccccc7c7ccc8c9ccccc9n(-c9ccccc9)c8c76)c5)c4c32)cc1. The van der Waals surface area contributed by atoms with Crippen LogP contribution in [0.25, 0.3) is 242 Å². The molecule has 10 nitrogen and oxygen atoms in total. The second-order valence-electron chi connectivity index (χ2n) is 32.4. The van der Waals surface area contributed by atoms with Crippen LogP contribution in [-0.2, 0) is 0 Å². The number of nitrogens with zero attached hydrogens (tertiary/aromatic N) is 10. The summed E-state index contributed by atoms with van der Waals surface area (Å²) >= 11 is 0. The molecule has 0 unspecified atom stereocenters. The highest BCUT2D eigenvalue weighted by Crippen LogP contribution is 2.50. The lowest BCUT2D eigenvalue weighted by molar-refractivity contribution is 1.11. The van der Waals surface area contributed by atoms with Gasteiger partial charge in [0.1, 0.15) is 0 Å². The highest BCUT2D eigenvalue weighted by atomic mass is 15.1. The van der Waals surface area contributed by atoms with E-state index in [0.717, 1.165) is 199 Å². The van der Waals surface area contributed by atoms with Gasteiger partial charge in [0, 0.05) is 143 Å². The van der Waals surface area contributed by atoms with Crippen LogP contribution in [0.15, 0.2) is 413 Å². The van der Waals surface area contributed by atoms with Gasteiger partial charge in [-0.2, -0.15) is 0 Å². The molecule has 0 N–H and O–H groups in total. The first-order valence-corrected chi connectivity index (χ1v) is 41.8. The highest BCUT2D eigenvalue weighted by Gasteiger charge is 2.30. The van der Waals surface area contributed by atoms with Crippen molar-refractivity contribution < 1.29 is 0 Å². The number of rotatable bonds is 10. The van der Waals surface area contributed by atoms with Crippen molar-refractivity contribution in [3.05, 3.63) is 413 Å². The van der Waals surface area contributed by atoms with Crippen LogP contribution in [0, 0.1) is 0 Å². The third-order valence-electron chi connectivity index (χ3n) is 26.0. The summed E-state index contributed by atoms with van der Waals surface area (Å²) < 4.78 is 20.0. The molecule has 0 aliphatic heterocycles. The number of hydrogen-bond donors (Lipinski definition) is 0. The van der Waals surface area contributed by atoms with Crippen molar-refractivity contribution in [1.29, 1.82) is 0 Å². The van der Waals surface area contributed by atoms with E-state index in [2.05, 4.69) is 437 Å². The van der Waals surface area contributed by atoms with Gasteiger partial charge in [0.05, 0.1) is 112 Å². The second kappa shape index (κ2) is 25.5. The fraction of sp³-hybridized carbons (Fsp3) is 0. The first-order valence-electron chi connectivity index (χ1n) is 41.8. The minimum Gasteiger partial charge on any atom is -0.307 e. The summed E-state index contributed by atoms with van der Waals surface area (Å²) in [6.07, 6.45) is 4.04. The van der Waals surface area contributed by atoms with Gasteiger partial charge in [0.25, 0.3) is 0 Å². The lowest BCUT2D eigenvalue weighted by Crippen LogP contribution is -2.03. The monoisotopic (exact) mass is 1550 g/mol. The molecule has 0 saturated heterocycles. The third-order valence-corrected chi connectivity index (χ3v) is 26.0. The van der Waals surface area contributed by atoms with Gasteiger partial charge in [0.15, 0.2) is 0 Å². The Morgan fingerprint density at radius 2 is 0.287 bits per heavy atom. The normalized spacial score (nSPS) is 12.3. The average Bonchev–Trinajstić information content (AvgIpc) is 1.55. The van der Waals surface area contributed by atoms with Crippen LogP contribution >= 0.6 is 0 Å². The van der Waals surface area contributed by atoms with Crippen molar-refractivity contribution in [2.24, 2.45) is 0 Å². The van der Waals surface area contributed by atoms with Crippen LogP contribution in [0.3, 0.4) is 0 Å². The third kappa shape index (κ3) is 9.31. The van der Waals surface area contributed by atoms with Gasteiger partial charge < -0.3 is 36.5 Å². The maximum Gasteiger partial charge on any atom is 0.0887 e. The van der Waals surface area contributed by atoms with Crippen LogP contribution in [0.2, 0.25) is 0 Å². The largest absolute Gasteiger partial charge is 0.307 e. The van der Waals surface area contributed by atoms with Crippen LogP contribution in [0.1, 0.15) is 0 Å². The van der Waals surface area contributed by atoms with Crippen molar-refractivity contribution in [2.45, 2.75) is 0 Å². The van der Waals surface area contributed by atoms with Gasteiger partial charge in [-0.3, -0.25) is 9.97 Å². The van der Waals surface area contributed by atoms with E-state index in [4.69, 9.17) is 9.97 Å². The Hall–Kier alpha value is -16.6. The number of benzene rings is 18. The summed E-state index contributed by atoms with van der Waals surface area (Å²) in [5.41, 5.74) is 29.4. The topological polar surface area (TPSA) is 65.2 Å². The zero-order chi connectivity index (χ0) is 79.5. The minimum atomic E-state index is 0.721. The van der Waals surface area contributed by atoms with Gasteiger partial charge >= 0.3 is 0 Å². The predicted octanol–water partition coefficient (Wildman–Crippen LogP) is 28.6. The number of aromatic nitrogens is 10. The molecule has 0 radical (unpaired) electrons. The van der Waals surface area contributed by atoms with E-state index in [1.54, 1.807) is 0 Å². The zero-order valence-electron chi connectivity index (χ0n) is 65.7. The van der Waals surface area contributed by atoms with Crippen molar-refractivity contribution in [3.63, 3.8) is 0 Å². The minimum absolute atomic E-state index is 0.721. The fourth-order valence-electron chi connectivity index (χ4n) is 21.1. The van der Waals surface area contributed by atoms with E-state index >= 15 is 0 Å². The van der Waals surface area contributed by atoms with Gasteiger partial charge in [-0.15, -0.1) is 0 Å². The van der Waals surface area contributed by atoms with E-state index in [-0.39, 0.29) is 0 Å². The molecule has 27 rings (SSSR count). The molecule has 9 aromatic heterocycles. The van der Waals surface area contributed by atoms with E-state index in [1.807, 2.05) is 12.4 Å². The Labute approximate surface area is 697 Å². The molecule has 0 bridgehead atoms. The molecule has 0 spiro atoms. The molecule has 0 saturated carbocycles. The smallest absolute Gasteiger partial charge is 0.0887 e. The number of hydrogen-bond acceptors (Lipinski definition) is 2. The molecule has 0 atom stereocenters. The molecule has 0 aliphatic rings. The summed E-state index contributed by atoms with van der Waals surface area (Å²) in [6.45, 7) is 0. The van der Waals surface area contributed by atoms with Crippen LogP contribution < -0.4 is 0 Å².